The maximum Gasteiger partial charge on any atom is 0.305 e. The van der Waals surface area contributed by atoms with Gasteiger partial charge in [-0.15, -0.1) is 0 Å². The average Bonchev–Trinajstić information content (AvgIpc) is 2.26. The van der Waals surface area contributed by atoms with Gasteiger partial charge in [-0.05, 0) is 17.5 Å². The van der Waals surface area contributed by atoms with Crippen molar-refractivity contribution in [1.82, 2.24) is 0 Å². The summed E-state index contributed by atoms with van der Waals surface area (Å²) in [5, 5.41) is 8.79. The Kier molecular flexibility index (Phi) is 5.16. The van der Waals surface area contributed by atoms with Crippen LogP contribution < -0.4 is 4.31 Å². The van der Waals surface area contributed by atoms with Gasteiger partial charge in [0.1, 0.15) is 0 Å². The lowest BCUT2D eigenvalue weighted by atomic mass is 10.0. The van der Waals surface area contributed by atoms with Crippen LogP contribution in [-0.2, 0) is 14.8 Å². The molecular weight excluding hydrogens is 278 g/mol. The second kappa shape index (κ2) is 6.26. The summed E-state index contributed by atoms with van der Waals surface area (Å²) in [7, 11) is -3.56. The Hall–Kier alpha value is -1.56. The lowest BCUT2D eigenvalue weighted by Gasteiger charge is -2.28. The van der Waals surface area contributed by atoms with E-state index in [0.717, 1.165) is 0 Å². The van der Waals surface area contributed by atoms with Crippen molar-refractivity contribution in [2.75, 3.05) is 16.6 Å². The van der Waals surface area contributed by atoms with Crippen LogP contribution in [0.3, 0.4) is 0 Å². The Morgan fingerprint density at radius 2 is 1.75 bits per heavy atom. The highest BCUT2D eigenvalue weighted by molar-refractivity contribution is 7.92. The van der Waals surface area contributed by atoms with Crippen molar-refractivity contribution < 1.29 is 18.3 Å². The third kappa shape index (κ3) is 5.21. The van der Waals surface area contributed by atoms with Crippen LogP contribution in [0.1, 0.15) is 27.2 Å². The third-order valence-electron chi connectivity index (χ3n) is 2.52. The summed E-state index contributed by atoms with van der Waals surface area (Å²) in [5.74, 6) is -1.05. The Bertz CT molecular complexity index is 546. The standard InChI is InChI=1S/C14H21NO4S/c1-14(2,3)11-20(18,19)15(10-9-13(16)17)12-7-5-4-6-8-12/h4-8H,9-11H2,1-3H3,(H,16,17). The molecule has 6 heteroatoms. The molecule has 1 N–H and O–H groups in total. The highest BCUT2D eigenvalue weighted by Crippen LogP contribution is 2.24. The highest BCUT2D eigenvalue weighted by atomic mass is 32.2. The number of sulfonamides is 1. The minimum absolute atomic E-state index is 0.0332. The van der Waals surface area contributed by atoms with E-state index < -0.39 is 21.4 Å². The van der Waals surface area contributed by atoms with Gasteiger partial charge in [0.15, 0.2) is 0 Å². The first-order valence-corrected chi connectivity index (χ1v) is 8.00. The fraction of sp³-hybridized carbons (Fsp3) is 0.500. The number of carboxylic acids is 1. The van der Waals surface area contributed by atoms with Gasteiger partial charge in [-0.25, -0.2) is 8.42 Å². The molecule has 0 aromatic heterocycles. The van der Waals surface area contributed by atoms with E-state index in [2.05, 4.69) is 0 Å². The molecule has 112 valence electrons. The zero-order valence-electron chi connectivity index (χ0n) is 12.0. The second-order valence-corrected chi connectivity index (χ2v) is 7.76. The van der Waals surface area contributed by atoms with Gasteiger partial charge >= 0.3 is 5.97 Å². The van der Waals surface area contributed by atoms with Crippen LogP contribution in [0.4, 0.5) is 5.69 Å². The number of hydrogen-bond donors (Lipinski definition) is 1. The van der Waals surface area contributed by atoms with Crippen molar-refractivity contribution in [2.45, 2.75) is 27.2 Å². The van der Waals surface area contributed by atoms with E-state index in [9.17, 15) is 13.2 Å². The fourth-order valence-electron chi connectivity index (χ4n) is 1.85. The van der Waals surface area contributed by atoms with Crippen molar-refractivity contribution in [3.63, 3.8) is 0 Å². The lowest BCUT2D eigenvalue weighted by molar-refractivity contribution is -0.136. The summed E-state index contributed by atoms with van der Waals surface area (Å²) < 4.78 is 26.2. The van der Waals surface area contributed by atoms with Gasteiger partial charge < -0.3 is 5.11 Å². The average molecular weight is 299 g/mol. The van der Waals surface area contributed by atoms with Crippen LogP contribution in [0.25, 0.3) is 0 Å². The van der Waals surface area contributed by atoms with E-state index in [0.29, 0.717) is 5.69 Å². The van der Waals surface area contributed by atoms with E-state index in [-0.39, 0.29) is 18.7 Å². The fourth-order valence-corrected chi connectivity index (χ4v) is 3.91. The topological polar surface area (TPSA) is 74.7 Å². The maximum absolute atomic E-state index is 12.5. The van der Waals surface area contributed by atoms with Crippen molar-refractivity contribution in [2.24, 2.45) is 5.41 Å². The minimum Gasteiger partial charge on any atom is -0.481 e. The minimum atomic E-state index is -3.56. The number of aliphatic carboxylic acids is 1. The molecule has 0 heterocycles. The number of carbonyl (C=O) groups is 1. The maximum atomic E-state index is 12.5. The number of carboxylic acid groups (broad SMARTS) is 1. The zero-order valence-corrected chi connectivity index (χ0v) is 12.9. The van der Waals surface area contributed by atoms with Gasteiger partial charge in [0.2, 0.25) is 10.0 Å². The van der Waals surface area contributed by atoms with Gasteiger partial charge in [0.05, 0.1) is 17.9 Å². The molecule has 0 aliphatic heterocycles. The quantitative estimate of drug-likeness (QED) is 0.875. The Labute approximate surface area is 120 Å². The summed E-state index contributed by atoms with van der Waals surface area (Å²) in [6.45, 7) is 5.46. The number of hydrogen-bond acceptors (Lipinski definition) is 3. The molecule has 1 aromatic rings. The molecule has 0 aliphatic carbocycles. The molecule has 0 bridgehead atoms. The number of rotatable bonds is 6. The van der Waals surface area contributed by atoms with E-state index in [4.69, 9.17) is 5.11 Å². The first kappa shape index (κ1) is 16.5. The zero-order chi connectivity index (χ0) is 15.4. The molecule has 0 aliphatic rings. The van der Waals surface area contributed by atoms with Gasteiger partial charge in [0.25, 0.3) is 0 Å². The summed E-state index contributed by atoms with van der Waals surface area (Å²) in [5.41, 5.74) is 0.104. The molecule has 0 saturated heterocycles. The highest BCUT2D eigenvalue weighted by Gasteiger charge is 2.28. The number of nitrogens with zero attached hydrogens (tertiary/aromatic N) is 1. The molecular formula is C14H21NO4S. The summed E-state index contributed by atoms with van der Waals surface area (Å²) in [6.07, 6.45) is -0.224. The number of benzene rings is 1. The predicted octanol–water partition coefficient (Wildman–Crippen LogP) is 2.34. The third-order valence-corrected chi connectivity index (χ3v) is 4.82. The van der Waals surface area contributed by atoms with Crippen molar-refractivity contribution in [3.8, 4) is 0 Å². The second-order valence-electron chi connectivity index (χ2n) is 5.87. The van der Waals surface area contributed by atoms with Crippen LogP contribution in [0.2, 0.25) is 0 Å². The first-order valence-electron chi connectivity index (χ1n) is 6.39. The van der Waals surface area contributed by atoms with Crippen LogP contribution in [0.5, 0.6) is 0 Å². The van der Waals surface area contributed by atoms with Crippen LogP contribution in [-0.4, -0.2) is 31.8 Å². The van der Waals surface area contributed by atoms with Gasteiger partial charge in [-0.2, -0.15) is 0 Å². The molecule has 0 saturated carbocycles. The Morgan fingerprint density at radius 3 is 2.20 bits per heavy atom. The van der Waals surface area contributed by atoms with E-state index >= 15 is 0 Å². The summed E-state index contributed by atoms with van der Waals surface area (Å²) >= 11 is 0. The number of anilines is 1. The van der Waals surface area contributed by atoms with E-state index in [1.165, 1.54) is 4.31 Å². The van der Waals surface area contributed by atoms with Crippen molar-refractivity contribution in [3.05, 3.63) is 30.3 Å². The molecule has 0 radical (unpaired) electrons. The Morgan fingerprint density at radius 1 is 1.20 bits per heavy atom. The lowest BCUT2D eigenvalue weighted by Crippen LogP contribution is -2.38. The van der Waals surface area contributed by atoms with E-state index in [1.807, 2.05) is 20.8 Å². The predicted molar refractivity (Wildman–Crippen MR) is 79.3 cm³/mol. The Balaban J connectivity index is 3.08. The summed E-state index contributed by atoms with van der Waals surface area (Å²) in [4.78, 5) is 10.7. The molecule has 20 heavy (non-hydrogen) atoms. The monoisotopic (exact) mass is 299 g/mol. The van der Waals surface area contributed by atoms with Gasteiger partial charge in [-0.3, -0.25) is 9.10 Å². The van der Waals surface area contributed by atoms with Crippen LogP contribution in [0.15, 0.2) is 30.3 Å². The molecule has 0 amide bonds. The van der Waals surface area contributed by atoms with Gasteiger partial charge in [-0.1, -0.05) is 39.0 Å². The molecule has 1 rings (SSSR count). The summed E-state index contributed by atoms with van der Waals surface area (Å²) in [6, 6.07) is 8.59. The van der Waals surface area contributed by atoms with E-state index in [1.54, 1.807) is 30.3 Å². The normalized spacial score (nSPS) is 12.2. The van der Waals surface area contributed by atoms with Crippen LogP contribution >= 0.6 is 0 Å². The molecule has 1 aromatic carbocycles. The molecule has 0 atom stereocenters. The van der Waals surface area contributed by atoms with Crippen molar-refractivity contribution in [1.29, 1.82) is 0 Å². The SMILES string of the molecule is CC(C)(C)CS(=O)(=O)N(CCC(=O)O)c1ccccc1. The molecule has 5 nitrogen and oxygen atoms in total. The van der Waals surface area contributed by atoms with Gasteiger partial charge in [0, 0.05) is 6.54 Å². The first-order chi connectivity index (χ1) is 9.12. The van der Waals surface area contributed by atoms with Crippen molar-refractivity contribution >= 4 is 21.7 Å². The number of para-hydroxylation sites is 1. The smallest absolute Gasteiger partial charge is 0.305 e. The molecule has 0 fully saturated rings. The molecule has 0 spiro atoms. The van der Waals surface area contributed by atoms with Crippen LogP contribution in [0, 0.1) is 5.41 Å². The molecule has 0 unspecified atom stereocenters. The largest absolute Gasteiger partial charge is 0.481 e.